The zero-order valence-corrected chi connectivity index (χ0v) is 15.3. The van der Waals surface area contributed by atoms with Crippen LogP contribution >= 0.6 is 0 Å². The van der Waals surface area contributed by atoms with Gasteiger partial charge in [-0.3, -0.25) is 4.57 Å². The van der Waals surface area contributed by atoms with Crippen LogP contribution < -0.4 is 9.46 Å². The molecule has 0 amide bonds. The van der Waals surface area contributed by atoms with Gasteiger partial charge < -0.3 is 4.74 Å². The predicted molar refractivity (Wildman–Crippen MR) is 91.4 cm³/mol. The first kappa shape index (κ1) is 18.4. The number of benzene rings is 1. The Balaban J connectivity index is 2.21. The Bertz CT molecular complexity index is 769. The fraction of sp³-hybridized carbons (Fsp3) is 0.500. The van der Waals surface area contributed by atoms with E-state index in [0.29, 0.717) is 25.0 Å². The Morgan fingerprint density at radius 2 is 1.88 bits per heavy atom. The van der Waals surface area contributed by atoms with Crippen LogP contribution in [0.3, 0.4) is 0 Å². The maximum Gasteiger partial charge on any atom is 0.316 e. The summed E-state index contributed by atoms with van der Waals surface area (Å²) in [7, 11) is -3.63. The topological polar surface area (TPSA) is 86.1 Å². The predicted octanol–water partition coefficient (Wildman–Crippen LogP) is 2.43. The van der Waals surface area contributed by atoms with E-state index in [4.69, 9.17) is 4.74 Å². The van der Waals surface area contributed by atoms with Crippen LogP contribution in [0.2, 0.25) is 0 Å². The van der Waals surface area contributed by atoms with E-state index in [1.54, 1.807) is 35.8 Å². The van der Waals surface area contributed by atoms with Crippen molar-refractivity contribution in [3.05, 3.63) is 35.7 Å². The second kappa shape index (κ2) is 7.76. The Labute approximate surface area is 143 Å². The van der Waals surface area contributed by atoms with Gasteiger partial charge in [0.05, 0.1) is 17.5 Å². The molecule has 24 heavy (non-hydrogen) atoms. The average Bonchev–Trinajstić information content (AvgIpc) is 2.95. The van der Waals surface area contributed by atoms with Crippen molar-refractivity contribution in [3.8, 4) is 6.01 Å². The highest BCUT2D eigenvalue weighted by Gasteiger charge is 2.23. The molecule has 0 bridgehead atoms. The molecule has 0 spiro atoms. The summed E-state index contributed by atoms with van der Waals surface area (Å²) in [6, 6.07) is 6.60. The molecule has 1 atom stereocenters. The van der Waals surface area contributed by atoms with Gasteiger partial charge in [-0.1, -0.05) is 29.7 Å². The summed E-state index contributed by atoms with van der Waals surface area (Å²) in [6.45, 7) is 8.73. The molecule has 0 aliphatic carbocycles. The molecular formula is C16H24N4O3S. The molecule has 132 valence electrons. The quantitative estimate of drug-likeness (QED) is 0.788. The van der Waals surface area contributed by atoms with Gasteiger partial charge >= 0.3 is 6.01 Å². The number of sulfonamides is 1. The molecule has 1 aromatic carbocycles. The minimum absolute atomic E-state index is 0.227. The van der Waals surface area contributed by atoms with Gasteiger partial charge in [-0.25, -0.2) is 13.1 Å². The van der Waals surface area contributed by atoms with Gasteiger partial charge in [0, 0.05) is 6.54 Å². The van der Waals surface area contributed by atoms with Crippen LogP contribution in [0.1, 0.15) is 44.6 Å². The van der Waals surface area contributed by atoms with Gasteiger partial charge in [0.1, 0.15) is 0 Å². The van der Waals surface area contributed by atoms with Crippen molar-refractivity contribution < 1.29 is 13.2 Å². The molecule has 1 heterocycles. The van der Waals surface area contributed by atoms with Crippen LogP contribution in [-0.4, -0.2) is 29.8 Å². The van der Waals surface area contributed by atoms with Crippen molar-refractivity contribution in [3.63, 3.8) is 0 Å². The summed E-state index contributed by atoms with van der Waals surface area (Å²) in [5.41, 5.74) is 1.01. The van der Waals surface area contributed by atoms with Crippen molar-refractivity contribution in [2.45, 2.75) is 51.6 Å². The number of rotatable bonds is 8. The minimum atomic E-state index is -3.63. The maximum absolute atomic E-state index is 12.5. The van der Waals surface area contributed by atoms with E-state index >= 15 is 0 Å². The number of aromatic nitrogens is 3. The molecule has 2 rings (SSSR count). The number of hydrogen-bond acceptors (Lipinski definition) is 5. The van der Waals surface area contributed by atoms with Crippen molar-refractivity contribution in [1.82, 2.24) is 19.5 Å². The molecular weight excluding hydrogens is 328 g/mol. The lowest BCUT2D eigenvalue weighted by molar-refractivity contribution is 0.276. The first-order chi connectivity index (χ1) is 11.4. The third kappa shape index (κ3) is 4.12. The van der Waals surface area contributed by atoms with Crippen molar-refractivity contribution >= 4 is 10.0 Å². The van der Waals surface area contributed by atoms with Crippen molar-refractivity contribution in [2.24, 2.45) is 0 Å². The molecule has 0 saturated carbocycles. The van der Waals surface area contributed by atoms with E-state index in [9.17, 15) is 8.42 Å². The summed E-state index contributed by atoms with van der Waals surface area (Å²) in [6.07, 6.45) is 0.863. The van der Waals surface area contributed by atoms with E-state index in [0.717, 1.165) is 12.0 Å². The molecule has 0 unspecified atom stereocenters. The van der Waals surface area contributed by atoms with Gasteiger partial charge in [-0.2, -0.15) is 0 Å². The summed E-state index contributed by atoms with van der Waals surface area (Å²) >= 11 is 0. The SMILES string of the molecule is CCCOc1nnc([C@@H](C)NS(=O)(=O)c2ccc(C)cc2)n1CC. The second-order valence-electron chi connectivity index (χ2n) is 5.59. The van der Waals surface area contributed by atoms with Crippen LogP contribution in [0.25, 0.3) is 0 Å². The molecule has 0 fully saturated rings. The highest BCUT2D eigenvalue weighted by atomic mass is 32.2. The van der Waals surface area contributed by atoms with Crippen LogP contribution in [0, 0.1) is 6.92 Å². The van der Waals surface area contributed by atoms with E-state index in [1.165, 1.54) is 0 Å². The molecule has 0 aliphatic heterocycles. The monoisotopic (exact) mass is 352 g/mol. The average molecular weight is 352 g/mol. The van der Waals surface area contributed by atoms with Gasteiger partial charge in [-0.15, -0.1) is 5.10 Å². The van der Waals surface area contributed by atoms with Crippen molar-refractivity contribution in [2.75, 3.05) is 6.61 Å². The van der Waals surface area contributed by atoms with Gasteiger partial charge in [-0.05, 0) is 39.3 Å². The number of nitrogens with zero attached hydrogens (tertiary/aromatic N) is 3. The fourth-order valence-electron chi connectivity index (χ4n) is 2.29. The number of nitrogens with one attached hydrogen (secondary N) is 1. The molecule has 0 aliphatic rings. The normalized spacial score (nSPS) is 13.0. The summed E-state index contributed by atoms with van der Waals surface area (Å²) in [5, 5.41) is 8.11. The number of hydrogen-bond donors (Lipinski definition) is 1. The van der Waals surface area contributed by atoms with E-state index < -0.39 is 16.1 Å². The third-order valence-corrected chi connectivity index (χ3v) is 5.10. The standard InChI is InChI=1S/C16H24N4O3S/c1-5-11-23-16-18-17-15(20(16)6-2)13(4)19-24(21,22)14-9-7-12(3)8-10-14/h7-10,13,19H,5-6,11H2,1-4H3/t13-/m1/s1. The lowest BCUT2D eigenvalue weighted by Crippen LogP contribution is -2.29. The molecule has 1 aromatic heterocycles. The number of aryl methyl sites for hydroxylation is 1. The van der Waals surface area contributed by atoms with E-state index in [-0.39, 0.29) is 4.90 Å². The summed E-state index contributed by atoms with van der Waals surface area (Å²) in [5.74, 6) is 0.527. The smallest absolute Gasteiger partial charge is 0.316 e. The Morgan fingerprint density at radius 1 is 1.21 bits per heavy atom. The van der Waals surface area contributed by atoms with E-state index in [2.05, 4.69) is 14.9 Å². The maximum atomic E-state index is 12.5. The van der Waals surface area contributed by atoms with Crippen LogP contribution in [-0.2, 0) is 16.6 Å². The first-order valence-corrected chi connectivity index (χ1v) is 9.52. The second-order valence-corrected chi connectivity index (χ2v) is 7.30. The Kier molecular flexibility index (Phi) is 5.95. The van der Waals surface area contributed by atoms with Crippen LogP contribution in [0.5, 0.6) is 6.01 Å². The largest absolute Gasteiger partial charge is 0.464 e. The first-order valence-electron chi connectivity index (χ1n) is 8.04. The van der Waals surface area contributed by atoms with Gasteiger partial charge in [0.25, 0.3) is 0 Å². The molecule has 7 nitrogen and oxygen atoms in total. The Morgan fingerprint density at radius 3 is 2.46 bits per heavy atom. The molecule has 1 N–H and O–H groups in total. The lowest BCUT2D eigenvalue weighted by atomic mass is 10.2. The molecule has 2 aromatic rings. The van der Waals surface area contributed by atoms with E-state index in [1.807, 2.05) is 20.8 Å². The highest BCUT2D eigenvalue weighted by molar-refractivity contribution is 7.89. The lowest BCUT2D eigenvalue weighted by Gasteiger charge is -2.15. The zero-order valence-electron chi connectivity index (χ0n) is 14.5. The molecule has 8 heteroatoms. The van der Waals surface area contributed by atoms with Crippen molar-refractivity contribution in [1.29, 1.82) is 0 Å². The molecule has 0 radical (unpaired) electrons. The van der Waals surface area contributed by atoms with Gasteiger partial charge in [0.2, 0.25) is 10.0 Å². The zero-order chi connectivity index (χ0) is 17.7. The molecule has 0 saturated heterocycles. The van der Waals surface area contributed by atoms with Gasteiger partial charge in [0.15, 0.2) is 5.82 Å². The third-order valence-electron chi connectivity index (χ3n) is 3.55. The highest BCUT2D eigenvalue weighted by Crippen LogP contribution is 2.20. The Hall–Kier alpha value is -1.93. The van der Waals surface area contributed by atoms with Crippen LogP contribution in [0.15, 0.2) is 29.2 Å². The summed E-state index contributed by atoms with van der Waals surface area (Å²) < 4.78 is 35.0. The minimum Gasteiger partial charge on any atom is -0.464 e. The number of ether oxygens (including phenoxy) is 1. The summed E-state index contributed by atoms with van der Waals surface area (Å²) in [4.78, 5) is 0.227. The van der Waals surface area contributed by atoms with Crippen LogP contribution in [0.4, 0.5) is 0 Å². The fourth-order valence-corrected chi connectivity index (χ4v) is 3.49.